The number of nitrogens with one attached hydrogen (secondary N) is 1. The Labute approximate surface area is 160 Å². The molecule has 0 saturated heterocycles. The molecule has 0 aliphatic heterocycles. The predicted octanol–water partition coefficient (Wildman–Crippen LogP) is 4.26. The minimum absolute atomic E-state index is 0.193. The quantitative estimate of drug-likeness (QED) is 0.741. The number of alkyl halides is 3. The summed E-state index contributed by atoms with van der Waals surface area (Å²) in [5.41, 5.74) is 0.957. The van der Waals surface area contributed by atoms with Crippen LogP contribution < -0.4 is 5.32 Å². The maximum atomic E-state index is 13.2. The highest BCUT2D eigenvalue weighted by Gasteiger charge is 2.39. The molecule has 3 rings (SSSR count). The summed E-state index contributed by atoms with van der Waals surface area (Å²) in [6, 6.07) is 5.83. The maximum absolute atomic E-state index is 13.2. The van der Waals surface area contributed by atoms with E-state index >= 15 is 0 Å². The number of hydrogen-bond donors (Lipinski definition) is 1. The van der Waals surface area contributed by atoms with Gasteiger partial charge >= 0.3 is 6.18 Å². The highest BCUT2D eigenvalue weighted by atomic mass is 19.4. The van der Waals surface area contributed by atoms with Gasteiger partial charge in [0.15, 0.2) is 5.69 Å². The van der Waals surface area contributed by atoms with Crippen molar-refractivity contribution in [2.45, 2.75) is 58.3 Å². The number of hydrogen-bond acceptors (Lipinski definition) is 2. The summed E-state index contributed by atoms with van der Waals surface area (Å²) in [7, 11) is 0. The lowest BCUT2D eigenvalue weighted by Crippen LogP contribution is -2.29. The molecule has 152 valence electrons. The monoisotopic (exact) mass is 397 g/mol. The summed E-state index contributed by atoms with van der Waals surface area (Å²) in [4.78, 5) is 12.3. The predicted molar refractivity (Wildman–Crippen MR) is 95.9 cm³/mol. The van der Waals surface area contributed by atoms with Crippen molar-refractivity contribution in [3.8, 4) is 0 Å². The Kier molecular flexibility index (Phi) is 6.05. The van der Waals surface area contributed by atoms with Crippen molar-refractivity contribution in [2.24, 2.45) is 5.92 Å². The Morgan fingerprint density at radius 2 is 1.89 bits per heavy atom. The van der Waals surface area contributed by atoms with Crippen molar-refractivity contribution in [3.05, 3.63) is 52.6 Å². The van der Waals surface area contributed by atoms with Crippen LogP contribution in [0.3, 0.4) is 0 Å². The number of halogens is 4. The van der Waals surface area contributed by atoms with Gasteiger partial charge in [-0.25, -0.2) is 4.39 Å². The van der Waals surface area contributed by atoms with Gasteiger partial charge in [-0.05, 0) is 49.8 Å². The van der Waals surface area contributed by atoms with Crippen LogP contribution in [0.1, 0.15) is 48.7 Å². The summed E-state index contributed by atoms with van der Waals surface area (Å²) in [6.07, 6.45) is -1.49. The van der Waals surface area contributed by atoms with E-state index in [1.165, 1.54) is 16.8 Å². The lowest BCUT2D eigenvalue weighted by molar-refractivity contribution is -0.142. The largest absolute Gasteiger partial charge is 0.435 e. The molecule has 4 nitrogen and oxygen atoms in total. The molecule has 0 spiro atoms. The minimum Gasteiger partial charge on any atom is -0.352 e. The summed E-state index contributed by atoms with van der Waals surface area (Å²) in [5.74, 6) is -0.913. The molecule has 1 heterocycles. The van der Waals surface area contributed by atoms with Crippen LogP contribution >= 0.6 is 0 Å². The highest BCUT2D eigenvalue weighted by molar-refractivity contribution is 5.78. The van der Waals surface area contributed by atoms with Gasteiger partial charge in [-0.1, -0.05) is 19.1 Å². The second-order valence-corrected chi connectivity index (χ2v) is 7.24. The Balaban J connectivity index is 1.59. The number of rotatable bonds is 6. The van der Waals surface area contributed by atoms with Gasteiger partial charge < -0.3 is 5.32 Å². The van der Waals surface area contributed by atoms with Crippen LogP contribution in [0, 0.1) is 11.7 Å². The Bertz CT molecular complexity index is 827. The number of amides is 1. The number of aryl methyl sites for hydroxylation is 1. The molecule has 1 atom stereocenters. The zero-order valence-electron chi connectivity index (χ0n) is 15.7. The fourth-order valence-corrected chi connectivity index (χ4v) is 3.50. The number of carbonyl (C=O) groups excluding carboxylic acids is 1. The normalized spacial score (nSPS) is 15.2. The molecular weight excluding hydrogens is 374 g/mol. The second kappa shape index (κ2) is 8.32. The van der Waals surface area contributed by atoms with E-state index < -0.39 is 11.9 Å². The van der Waals surface area contributed by atoms with Crippen molar-refractivity contribution < 1.29 is 22.4 Å². The van der Waals surface area contributed by atoms with Crippen LogP contribution in [-0.4, -0.2) is 15.7 Å². The van der Waals surface area contributed by atoms with Crippen LogP contribution in [0.5, 0.6) is 0 Å². The molecule has 8 heteroatoms. The lowest BCUT2D eigenvalue weighted by atomic mass is 9.95. The molecule has 28 heavy (non-hydrogen) atoms. The summed E-state index contributed by atoms with van der Waals surface area (Å²) in [6.45, 7) is 2.28. The van der Waals surface area contributed by atoms with Gasteiger partial charge in [0, 0.05) is 30.3 Å². The molecule has 1 N–H and O–H groups in total. The number of carbonyl (C=O) groups is 1. The van der Waals surface area contributed by atoms with E-state index in [1.807, 2.05) is 0 Å². The Morgan fingerprint density at radius 3 is 2.57 bits per heavy atom. The SMILES string of the molecule is CC(CCn1nc(C(F)(F)F)c2c1CCCC2)C(=O)NCc1ccc(F)cc1. The fourth-order valence-electron chi connectivity index (χ4n) is 3.50. The third-order valence-electron chi connectivity index (χ3n) is 5.13. The van der Waals surface area contributed by atoms with E-state index in [9.17, 15) is 22.4 Å². The molecule has 1 aromatic carbocycles. The van der Waals surface area contributed by atoms with Gasteiger partial charge in [0.1, 0.15) is 5.82 Å². The number of benzene rings is 1. The molecule has 0 radical (unpaired) electrons. The van der Waals surface area contributed by atoms with Crippen molar-refractivity contribution in [1.29, 1.82) is 0 Å². The Hall–Kier alpha value is -2.38. The van der Waals surface area contributed by atoms with E-state index in [4.69, 9.17) is 0 Å². The molecular formula is C20H23F4N3O. The zero-order chi connectivity index (χ0) is 20.3. The van der Waals surface area contributed by atoms with E-state index in [1.54, 1.807) is 19.1 Å². The molecule has 2 aromatic rings. The molecule has 1 unspecified atom stereocenters. The first kappa shape index (κ1) is 20.4. The van der Waals surface area contributed by atoms with Crippen molar-refractivity contribution in [1.82, 2.24) is 15.1 Å². The first-order valence-corrected chi connectivity index (χ1v) is 9.43. The van der Waals surface area contributed by atoms with Crippen LogP contribution in [0.25, 0.3) is 0 Å². The third-order valence-corrected chi connectivity index (χ3v) is 5.13. The van der Waals surface area contributed by atoms with Gasteiger partial charge in [-0.15, -0.1) is 0 Å². The number of fused-ring (bicyclic) bond motifs is 1. The van der Waals surface area contributed by atoms with Crippen molar-refractivity contribution in [3.63, 3.8) is 0 Å². The fraction of sp³-hybridized carbons (Fsp3) is 0.500. The average molecular weight is 397 g/mol. The standard InChI is InChI=1S/C20H23F4N3O/c1-13(19(28)25-12-14-6-8-15(21)9-7-14)10-11-27-17-5-3-2-4-16(17)18(26-27)20(22,23)24/h6-9,13H,2-5,10-12H2,1H3,(H,25,28). The first-order valence-electron chi connectivity index (χ1n) is 9.43. The van der Waals surface area contributed by atoms with Crippen LogP contribution in [0.15, 0.2) is 24.3 Å². The van der Waals surface area contributed by atoms with E-state index in [0.717, 1.165) is 18.4 Å². The van der Waals surface area contributed by atoms with E-state index in [0.29, 0.717) is 30.5 Å². The highest BCUT2D eigenvalue weighted by Crippen LogP contribution is 2.35. The summed E-state index contributed by atoms with van der Waals surface area (Å²) >= 11 is 0. The van der Waals surface area contributed by atoms with Crippen LogP contribution in [0.2, 0.25) is 0 Å². The lowest BCUT2D eigenvalue weighted by Gasteiger charge is -2.16. The van der Waals surface area contributed by atoms with E-state index in [-0.39, 0.29) is 30.7 Å². The second-order valence-electron chi connectivity index (χ2n) is 7.24. The topological polar surface area (TPSA) is 46.9 Å². The number of aromatic nitrogens is 2. The number of nitrogens with zero attached hydrogens (tertiary/aromatic N) is 2. The minimum atomic E-state index is -4.45. The van der Waals surface area contributed by atoms with Crippen molar-refractivity contribution >= 4 is 5.91 Å². The summed E-state index contributed by atoms with van der Waals surface area (Å²) in [5, 5.41) is 6.60. The summed E-state index contributed by atoms with van der Waals surface area (Å²) < 4.78 is 54.1. The van der Waals surface area contributed by atoms with Crippen LogP contribution in [0.4, 0.5) is 17.6 Å². The smallest absolute Gasteiger partial charge is 0.352 e. The van der Waals surface area contributed by atoms with Gasteiger partial charge in [0.05, 0.1) is 0 Å². The average Bonchev–Trinajstić information content (AvgIpc) is 3.04. The molecule has 1 aromatic heterocycles. The van der Waals surface area contributed by atoms with Crippen molar-refractivity contribution in [2.75, 3.05) is 0 Å². The third kappa shape index (κ3) is 4.72. The molecule has 1 aliphatic rings. The first-order chi connectivity index (χ1) is 13.3. The molecule has 0 fully saturated rings. The molecule has 0 bridgehead atoms. The van der Waals surface area contributed by atoms with E-state index in [2.05, 4.69) is 10.4 Å². The zero-order valence-corrected chi connectivity index (χ0v) is 15.7. The maximum Gasteiger partial charge on any atom is 0.435 e. The van der Waals surface area contributed by atoms with Gasteiger partial charge in [0.2, 0.25) is 5.91 Å². The molecule has 1 amide bonds. The van der Waals surface area contributed by atoms with Crippen LogP contribution in [-0.2, 0) is 36.9 Å². The van der Waals surface area contributed by atoms with Gasteiger partial charge in [0.25, 0.3) is 0 Å². The van der Waals surface area contributed by atoms with Gasteiger partial charge in [-0.3, -0.25) is 9.48 Å². The molecule has 1 aliphatic carbocycles. The Morgan fingerprint density at radius 1 is 1.21 bits per heavy atom. The molecule has 0 saturated carbocycles. The van der Waals surface area contributed by atoms with Gasteiger partial charge in [-0.2, -0.15) is 18.3 Å².